The SMILES string of the molecule is CCC(C)NC(=O)COC(=O)c1ccc(-c2cccc(C(F)(F)F)c2)o1. The zero-order valence-electron chi connectivity index (χ0n) is 14.2. The summed E-state index contributed by atoms with van der Waals surface area (Å²) in [7, 11) is 0. The second kappa shape index (κ2) is 8.07. The van der Waals surface area contributed by atoms with Gasteiger partial charge >= 0.3 is 12.1 Å². The van der Waals surface area contributed by atoms with Gasteiger partial charge in [0.05, 0.1) is 5.56 Å². The first kappa shape index (κ1) is 19.6. The first-order valence-corrected chi connectivity index (χ1v) is 7.94. The van der Waals surface area contributed by atoms with Gasteiger partial charge in [0.25, 0.3) is 5.91 Å². The molecule has 1 aromatic carbocycles. The summed E-state index contributed by atoms with van der Waals surface area (Å²) in [5.41, 5.74) is -0.648. The third-order valence-electron chi connectivity index (χ3n) is 3.64. The van der Waals surface area contributed by atoms with Crippen LogP contribution < -0.4 is 5.32 Å². The van der Waals surface area contributed by atoms with E-state index in [-0.39, 0.29) is 23.1 Å². The third-order valence-corrected chi connectivity index (χ3v) is 3.64. The van der Waals surface area contributed by atoms with Crippen LogP contribution in [0, 0.1) is 0 Å². The number of benzene rings is 1. The van der Waals surface area contributed by atoms with Crippen molar-refractivity contribution in [2.75, 3.05) is 6.61 Å². The molecule has 0 bridgehead atoms. The molecule has 1 unspecified atom stereocenters. The number of hydrogen-bond donors (Lipinski definition) is 1. The average Bonchev–Trinajstić information content (AvgIpc) is 3.09. The van der Waals surface area contributed by atoms with Gasteiger partial charge in [0.1, 0.15) is 5.76 Å². The molecule has 1 atom stereocenters. The summed E-state index contributed by atoms with van der Waals surface area (Å²) < 4.78 is 48.4. The fourth-order valence-electron chi connectivity index (χ4n) is 2.07. The lowest BCUT2D eigenvalue weighted by atomic mass is 10.1. The summed E-state index contributed by atoms with van der Waals surface area (Å²) in [5.74, 6) is -1.43. The molecule has 8 heteroatoms. The van der Waals surface area contributed by atoms with E-state index >= 15 is 0 Å². The molecule has 26 heavy (non-hydrogen) atoms. The van der Waals surface area contributed by atoms with Crippen molar-refractivity contribution in [2.45, 2.75) is 32.5 Å². The van der Waals surface area contributed by atoms with Crippen LogP contribution in [0.2, 0.25) is 0 Å². The predicted octanol–water partition coefficient (Wildman–Crippen LogP) is 4.04. The number of rotatable bonds is 6. The summed E-state index contributed by atoms with van der Waals surface area (Å²) in [5, 5.41) is 2.63. The Kier molecular flexibility index (Phi) is 6.07. The molecule has 0 aliphatic heterocycles. The lowest BCUT2D eigenvalue weighted by Gasteiger charge is -2.10. The lowest BCUT2D eigenvalue weighted by Crippen LogP contribution is -2.35. The molecule has 140 valence electrons. The Morgan fingerprint density at radius 1 is 1.23 bits per heavy atom. The quantitative estimate of drug-likeness (QED) is 0.781. The number of nitrogens with one attached hydrogen (secondary N) is 1. The maximum absolute atomic E-state index is 12.8. The van der Waals surface area contributed by atoms with Crippen LogP contribution in [0.15, 0.2) is 40.8 Å². The summed E-state index contributed by atoms with van der Waals surface area (Å²) in [4.78, 5) is 23.5. The summed E-state index contributed by atoms with van der Waals surface area (Å²) in [6.07, 6.45) is -3.74. The topological polar surface area (TPSA) is 68.5 Å². The molecule has 0 spiro atoms. The van der Waals surface area contributed by atoms with Crippen molar-refractivity contribution in [1.82, 2.24) is 5.32 Å². The number of furan rings is 1. The van der Waals surface area contributed by atoms with Crippen molar-refractivity contribution in [2.24, 2.45) is 0 Å². The zero-order chi connectivity index (χ0) is 19.3. The van der Waals surface area contributed by atoms with Crippen molar-refractivity contribution in [3.05, 3.63) is 47.7 Å². The summed E-state index contributed by atoms with van der Waals surface area (Å²) >= 11 is 0. The van der Waals surface area contributed by atoms with Crippen LogP contribution >= 0.6 is 0 Å². The Balaban J connectivity index is 2.03. The smallest absolute Gasteiger partial charge is 0.416 e. The minimum Gasteiger partial charge on any atom is -0.450 e. The normalized spacial score (nSPS) is 12.5. The number of amides is 1. The van der Waals surface area contributed by atoms with E-state index in [0.29, 0.717) is 0 Å². The highest BCUT2D eigenvalue weighted by molar-refractivity contribution is 5.89. The van der Waals surface area contributed by atoms with Gasteiger partial charge in [0, 0.05) is 11.6 Å². The van der Waals surface area contributed by atoms with E-state index in [4.69, 9.17) is 9.15 Å². The van der Waals surface area contributed by atoms with Crippen molar-refractivity contribution < 1.29 is 31.9 Å². The number of esters is 1. The van der Waals surface area contributed by atoms with E-state index in [1.165, 1.54) is 24.3 Å². The highest BCUT2D eigenvalue weighted by Crippen LogP contribution is 2.32. The zero-order valence-corrected chi connectivity index (χ0v) is 14.2. The van der Waals surface area contributed by atoms with E-state index < -0.39 is 30.2 Å². The van der Waals surface area contributed by atoms with Gasteiger partial charge in [0.2, 0.25) is 5.76 Å². The fraction of sp³-hybridized carbons (Fsp3) is 0.333. The van der Waals surface area contributed by atoms with E-state index in [1.807, 2.05) is 13.8 Å². The van der Waals surface area contributed by atoms with Gasteiger partial charge in [-0.25, -0.2) is 4.79 Å². The first-order chi connectivity index (χ1) is 12.2. The van der Waals surface area contributed by atoms with Crippen molar-refractivity contribution in [3.63, 3.8) is 0 Å². The minimum atomic E-state index is -4.48. The number of carbonyl (C=O) groups is 2. The van der Waals surface area contributed by atoms with Crippen LogP contribution in [0.25, 0.3) is 11.3 Å². The highest BCUT2D eigenvalue weighted by Gasteiger charge is 2.30. The molecule has 1 amide bonds. The second-order valence-corrected chi connectivity index (χ2v) is 5.70. The molecule has 1 aromatic heterocycles. The Morgan fingerprint density at radius 3 is 2.62 bits per heavy atom. The van der Waals surface area contributed by atoms with Crippen LogP contribution in [0.4, 0.5) is 13.2 Å². The Bertz CT molecular complexity index is 783. The van der Waals surface area contributed by atoms with Gasteiger partial charge in [-0.05, 0) is 37.6 Å². The van der Waals surface area contributed by atoms with E-state index in [1.54, 1.807) is 0 Å². The monoisotopic (exact) mass is 369 g/mol. The molecule has 0 radical (unpaired) electrons. The molecule has 2 rings (SSSR count). The van der Waals surface area contributed by atoms with Gasteiger partial charge in [-0.3, -0.25) is 4.79 Å². The van der Waals surface area contributed by atoms with Crippen LogP contribution in [0.3, 0.4) is 0 Å². The molecule has 0 aliphatic carbocycles. The molecule has 0 aliphatic rings. The van der Waals surface area contributed by atoms with E-state index in [2.05, 4.69) is 5.32 Å². The van der Waals surface area contributed by atoms with Gasteiger partial charge in [-0.1, -0.05) is 19.1 Å². The molecule has 2 aromatic rings. The molecule has 5 nitrogen and oxygen atoms in total. The molecule has 1 N–H and O–H groups in total. The number of ether oxygens (including phenoxy) is 1. The van der Waals surface area contributed by atoms with Crippen molar-refractivity contribution in [1.29, 1.82) is 0 Å². The molecular formula is C18H18F3NO4. The Hall–Kier alpha value is -2.77. The van der Waals surface area contributed by atoms with Crippen molar-refractivity contribution >= 4 is 11.9 Å². The summed E-state index contributed by atoms with van der Waals surface area (Å²) in [6.45, 7) is 3.24. The third kappa shape index (κ3) is 5.11. The number of carbonyl (C=O) groups excluding carboxylic acids is 2. The lowest BCUT2D eigenvalue weighted by molar-refractivity contribution is -0.137. The van der Waals surface area contributed by atoms with E-state index in [9.17, 15) is 22.8 Å². The first-order valence-electron chi connectivity index (χ1n) is 7.94. The van der Waals surface area contributed by atoms with Crippen LogP contribution in [-0.4, -0.2) is 24.5 Å². The number of halogens is 3. The van der Waals surface area contributed by atoms with Crippen LogP contribution in [0.1, 0.15) is 36.4 Å². The number of alkyl halides is 3. The van der Waals surface area contributed by atoms with Gasteiger partial charge < -0.3 is 14.5 Å². The van der Waals surface area contributed by atoms with Gasteiger partial charge in [-0.15, -0.1) is 0 Å². The minimum absolute atomic E-state index is 0.0441. The fourth-order valence-corrected chi connectivity index (χ4v) is 2.07. The Labute approximate surface area is 148 Å². The molecule has 1 heterocycles. The molecule has 0 fully saturated rings. The molecule has 0 saturated carbocycles. The molecule has 0 saturated heterocycles. The summed E-state index contributed by atoms with van der Waals surface area (Å²) in [6, 6.07) is 7.15. The standard InChI is InChI=1S/C18H18F3NO4/c1-3-11(2)22-16(23)10-25-17(24)15-8-7-14(26-15)12-5-4-6-13(9-12)18(19,20)21/h4-9,11H,3,10H2,1-2H3,(H,22,23). The largest absolute Gasteiger partial charge is 0.450 e. The predicted molar refractivity (Wildman–Crippen MR) is 87.3 cm³/mol. The van der Waals surface area contributed by atoms with Gasteiger partial charge in [-0.2, -0.15) is 13.2 Å². The second-order valence-electron chi connectivity index (χ2n) is 5.70. The average molecular weight is 369 g/mol. The van der Waals surface area contributed by atoms with Crippen molar-refractivity contribution in [3.8, 4) is 11.3 Å². The maximum Gasteiger partial charge on any atom is 0.416 e. The van der Waals surface area contributed by atoms with Crippen LogP contribution in [-0.2, 0) is 15.7 Å². The molecular weight excluding hydrogens is 351 g/mol. The van der Waals surface area contributed by atoms with Gasteiger partial charge in [0.15, 0.2) is 6.61 Å². The van der Waals surface area contributed by atoms with Crippen LogP contribution in [0.5, 0.6) is 0 Å². The highest BCUT2D eigenvalue weighted by atomic mass is 19.4. The van der Waals surface area contributed by atoms with E-state index in [0.717, 1.165) is 18.6 Å². The maximum atomic E-state index is 12.8. The number of hydrogen-bond acceptors (Lipinski definition) is 4. The Morgan fingerprint density at radius 2 is 1.96 bits per heavy atom.